The van der Waals surface area contributed by atoms with Crippen molar-refractivity contribution < 1.29 is 19.5 Å². The van der Waals surface area contributed by atoms with Crippen LogP contribution in [0.2, 0.25) is 0 Å². The van der Waals surface area contributed by atoms with E-state index in [1.54, 1.807) is 21.9 Å². The summed E-state index contributed by atoms with van der Waals surface area (Å²) in [6, 6.07) is 14.5. The quantitative estimate of drug-likeness (QED) is 0.292. The molecule has 4 N–H and O–H groups in total. The van der Waals surface area contributed by atoms with Gasteiger partial charge < -0.3 is 30.9 Å². The van der Waals surface area contributed by atoms with Crippen LogP contribution < -0.4 is 20.9 Å². The van der Waals surface area contributed by atoms with Crippen LogP contribution in [0.5, 0.6) is 0 Å². The summed E-state index contributed by atoms with van der Waals surface area (Å²) in [5.74, 6) is -0.278. The summed E-state index contributed by atoms with van der Waals surface area (Å²) in [6.45, 7) is 5.71. The van der Waals surface area contributed by atoms with E-state index in [0.29, 0.717) is 43.7 Å². The average molecular weight is 578 g/mol. The first-order valence-corrected chi connectivity index (χ1v) is 15.7. The zero-order valence-corrected chi connectivity index (χ0v) is 25.1. The number of hydrogen-bond acceptors (Lipinski definition) is 5. The van der Waals surface area contributed by atoms with Crippen LogP contribution in [0.25, 0.3) is 0 Å². The van der Waals surface area contributed by atoms with Crippen molar-refractivity contribution in [3.63, 3.8) is 0 Å². The van der Waals surface area contributed by atoms with Gasteiger partial charge in [0.1, 0.15) is 0 Å². The van der Waals surface area contributed by atoms with Crippen molar-refractivity contribution in [2.45, 2.75) is 89.8 Å². The van der Waals surface area contributed by atoms with Gasteiger partial charge in [-0.2, -0.15) is 0 Å². The number of aliphatic hydroxyl groups excluding tert-OH is 1. The summed E-state index contributed by atoms with van der Waals surface area (Å²) >= 11 is 0. The van der Waals surface area contributed by atoms with Gasteiger partial charge in [0.15, 0.2) is 0 Å². The Kier molecular flexibility index (Phi) is 11.6. The number of carbonyl (C=O) groups is 3. The fraction of sp³-hybridized carbons (Fsp3) is 0.545. The Morgan fingerprint density at radius 2 is 1.79 bits per heavy atom. The molecule has 0 unspecified atom stereocenters. The molecule has 9 nitrogen and oxygen atoms in total. The van der Waals surface area contributed by atoms with Gasteiger partial charge in [-0.05, 0) is 69.7 Å². The van der Waals surface area contributed by atoms with Crippen LogP contribution in [0, 0.1) is 0 Å². The molecule has 1 saturated heterocycles. The van der Waals surface area contributed by atoms with Crippen molar-refractivity contribution in [1.82, 2.24) is 15.5 Å². The largest absolute Gasteiger partial charge is 0.389 e. The van der Waals surface area contributed by atoms with Crippen LogP contribution in [0.1, 0.15) is 81.1 Å². The highest BCUT2D eigenvalue weighted by molar-refractivity contribution is 6.00. The number of aliphatic hydroxyl groups is 1. The molecular weight excluding hydrogens is 530 g/mol. The number of anilines is 2. The van der Waals surface area contributed by atoms with Gasteiger partial charge in [-0.1, -0.05) is 49.6 Å². The molecule has 2 fully saturated rings. The number of rotatable bonds is 12. The monoisotopic (exact) mass is 577 g/mol. The highest BCUT2D eigenvalue weighted by Crippen LogP contribution is 2.26. The number of urea groups is 1. The number of nitrogens with zero attached hydrogens (tertiary/aromatic N) is 2. The molecule has 2 atom stereocenters. The first kappa shape index (κ1) is 31.3. The van der Waals surface area contributed by atoms with Crippen molar-refractivity contribution in [2.24, 2.45) is 0 Å². The number of piperidine rings is 1. The Morgan fingerprint density at radius 1 is 1.02 bits per heavy atom. The molecule has 4 rings (SSSR count). The van der Waals surface area contributed by atoms with E-state index >= 15 is 0 Å². The van der Waals surface area contributed by atoms with Gasteiger partial charge in [0, 0.05) is 49.0 Å². The minimum atomic E-state index is -0.994. The molecule has 0 spiro atoms. The van der Waals surface area contributed by atoms with Crippen molar-refractivity contribution in [3.8, 4) is 0 Å². The molecule has 0 radical (unpaired) electrons. The average Bonchev–Trinajstić information content (AvgIpc) is 3.00. The maximum atomic E-state index is 13.7. The highest BCUT2D eigenvalue weighted by Gasteiger charge is 2.28. The molecule has 0 bridgehead atoms. The third kappa shape index (κ3) is 8.71. The predicted octanol–water partition coefficient (Wildman–Crippen LogP) is 4.70. The smallest absolute Gasteiger partial charge is 0.317 e. The van der Waals surface area contributed by atoms with Gasteiger partial charge in [-0.15, -0.1) is 0 Å². The molecule has 1 aliphatic heterocycles. The number of likely N-dealkylation sites (N-methyl/N-ethyl adjacent to an activating group) is 1. The highest BCUT2D eigenvalue weighted by atomic mass is 16.3. The number of amides is 4. The van der Waals surface area contributed by atoms with Crippen molar-refractivity contribution in [2.75, 3.05) is 36.4 Å². The topological polar surface area (TPSA) is 114 Å². The van der Waals surface area contributed by atoms with E-state index in [0.717, 1.165) is 49.8 Å². The Bertz CT molecular complexity index is 1180. The van der Waals surface area contributed by atoms with Crippen molar-refractivity contribution >= 4 is 29.2 Å². The molecule has 228 valence electrons. The van der Waals surface area contributed by atoms with E-state index in [9.17, 15) is 19.5 Å². The maximum Gasteiger partial charge on any atom is 0.317 e. The third-order valence-electron chi connectivity index (χ3n) is 8.28. The summed E-state index contributed by atoms with van der Waals surface area (Å²) in [5, 5.41) is 20.9. The Labute approximate surface area is 250 Å². The van der Waals surface area contributed by atoms with Gasteiger partial charge in [0.25, 0.3) is 5.91 Å². The molecule has 1 aliphatic carbocycles. The van der Waals surface area contributed by atoms with Gasteiger partial charge in [0.05, 0.1) is 18.7 Å². The SMILES string of the molecule is CCNc1cc(C(=O)N[C@@H](Cc2ccccc2)[C@@H](O)CN(CC)C(=O)NC2CCCCC2)cc(N2CCCCC2=O)c1. The van der Waals surface area contributed by atoms with Gasteiger partial charge >= 0.3 is 6.03 Å². The van der Waals surface area contributed by atoms with E-state index in [-0.39, 0.29) is 30.4 Å². The summed E-state index contributed by atoms with van der Waals surface area (Å²) in [4.78, 5) is 42.9. The van der Waals surface area contributed by atoms with Crippen LogP contribution in [0.4, 0.5) is 16.2 Å². The molecule has 1 heterocycles. The van der Waals surface area contributed by atoms with E-state index in [1.807, 2.05) is 50.2 Å². The summed E-state index contributed by atoms with van der Waals surface area (Å²) in [7, 11) is 0. The normalized spacial score (nSPS) is 17.3. The van der Waals surface area contributed by atoms with E-state index in [1.165, 1.54) is 6.42 Å². The number of benzene rings is 2. The number of hydrogen-bond donors (Lipinski definition) is 4. The second-order valence-corrected chi connectivity index (χ2v) is 11.5. The second-order valence-electron chi connectivity index (χ2n) is 11.5. The Balaban J connectivity index is 1.53. The summed E-state index contributed by atoms with van der Waals surface area (Å²) < 4.78 is 0. The van der Waals surface area contributed by atoms with Crippen LogP contribution in [-0.2, 0) is 11.2 Å². The summed E-state index contributed by atoms with van der Waals surface area (Å²) in [6.07, 6.45) is 7.11. The zero-order chi connectivity index (χ0) is 29.9. The van der Waals surface area contributed by atoms with Crippen LogP contribution in [0.3, 0.4) is 0 Å². The van der Waals surface area contributed by atoms with Crippen LogP contribution in [-0.4, -0.2) is 72.2 Å². The Hall–Kier alpha value is -3.59. The molecule has 9 heteroatoms. The van der Waals surface area contributed by atoms with Crippen LogP contribution >= 0.6 is 0 Å². The molecule has 1 saturated carbocycles. The first-order chi connectivity index (χ1) is 20.4. The number of carbonyl (C=O) groups excluding carboxylic acids is 3. The molecule has 4 amide bonds. The molecule has 42 heavy (non-hydrogen) atoms. The van der Waals surface area contributed by atoms with Crippen molar-refractivity contribution in [3.05, 3.63) is 59.7 Å². The fourth-order valence-corrected chi connectivity index (χ4v) is 5.91. The number of nitrogens with one attached hydrogen (secondary N) is 3. The predicted molar refractivity (Wildman–Crippen MR) is 167 cm³/mol. The maximum absolute atomic E-state index is 13.7. The zero-order valence-electron chi connectivity index (χ0n) is 25.1. The first-order valence-electron chi connectivity index (χ1n) is 15.7. The van der Waals surface area contributed by atoms with E-state index in [2.05, 4.69) is 16.0 Å². The van der Waals surface area contributed by atoms with E-state index < -0.39 is 12.1 Å². The van der Waals surface area contributed by atoms with Crippen molar-refractivity contribution in [1.29, 1.82) is 0 Å². The van der Waals surface area contributed by atoms with Crippen LogP contribution in [0.15, 0.2) is 48.5 Å². The van der Waals surface area contributed by atoms with E-state index in [4.69, 9.17) is 0 Å². The molecule has 2 aliphatic rings. The lowest BCUT2D eigenvalue weighted by Gasteiger charge is -2.32. The third-order valence-corrected chi connectivity index (χ3v) is 8.28. The lowest BCUT2D eigenvalue weighted by Crippen LogP contribution is -2.53. The molecule has 0 aromatic heterocycles. The van der Waals surface area contributed by atoms with Gasteiger partial charge in [0.2, 0.25) is 5.91 Å². The molecule has 2 aromatic carbocycles. The fourth-order valence-electron chi connectivity index (χ4n) is 5.91. The lowest BCUT2D eigenvalue weighted by atomic mass is 9.96. The second kappa shape index (κ2) is 15.6. The lowest BCUT2D eigenvalue weighted by molar-refractivity contribution is -0.119. The minimum Gasteiger partial charge on any atom is -0.389 e. The van der Waals surface area contributed by atoms with Gasteiger partial charge in [-0.25, -0.2) is 4.79 Å². The Morgan fingerprint density at radius 3 is 2.48 bits per heavy atom. The summed E-state index contributed by atoms with van der Waals surface area (Å²) in [5.41, 5.74) is 2.84. The standard InChI is InChI=1S/C33H47N5O4/c1-3-34-27-20-25(21-28(22-27)38-18-12-11-17-31(38)40)32(41)36-29(19-24-13-7-5-8-14-24)30(39)23-37(4-2)33(42)35-26-15-9-6-10-16-26/h5,7-8,13-14,20-22,26,29-30,34,39H,3-4,6,9-12,15-19,23H2,1-2H3,(H,35,42)(H,36,41)/t29-,30-/m0/s1. The van der Waals surface area contributed by atoms with Gasteiger partial charge in [-0.3, -0.25) is 9.59 Å². The molecule has 2 aromatic rings. The molecular formula is C33H47N5O4. The minimum absolute atomic E-state index is 0.0600.